The van der Waals surface area contributed by atoms with Crippen molar-refractivity contribution in [3.8, 4) is 5.75 Å². The van der Waals surface area contributed by atoms with Crippen LogP contribution < -0.4 is 10.1 Å². The molecule has 1 N–H and O–H groups in total. The summed E-state index contributed by atoms with van der Waals surface area (Å²) < 4.78 is 34.1. The number of hydrogen-bond donors (Lipinski definition) is 1. The summed E-state index contributed by atoms with van der Waals surface area (Å²) in [5, 5.41) is 2.97. The second-order valence-corrected chi connectivity index (χ2v) is 5.60. The number of halogens is 3. The van der Waals surface area contributed by atoms with Gasteiger partial charge in [0.15, 0.2) is 0 Å². The fourth-order valence-corrected chi connectivity index (χ4v) is 2.71. The average Bonchev–Trinajstić information content (AvgIpc) is 2.45. The molecule has 0 amide bonds. The van der Waals surface area contributed by atoms with Gasteiger partial charge in [-0.1, -0.05) is 28.1 Å². The minimum atomic E-state index is -0.610. The number of rotatable bonds is 5. The Balaban J connectivity index is 2.33. The molecule has 0 aliphatic carbocycles. The molecule has 5 heteroatoms. The molecule has 2 aromatic carbocycles. The second kappa shape index (κ2) is 7.00. The summed E-state index contributed by atoms with van der Waals surface area (Å²) in [7, 11) is 3.07. The summed E-state index contributed by atoms with van der Waals surface area (Å²) in [5.74, 6) is -1.05. The van der Waals surface area contributed by atoms with Crippen molar-refractivity contribution in [1.82, 2.24) is 5.32 Å². The van der Waals surface area contributed by atoms with Gasteiger partial charge < -0.3 is 10.1 Å². The summed E-state index contributed by atoms with van der Waals surface area (Å²) in [6.07, 6.45) is 0.482. The van der Waals surface area contributed by atoms with Gasteiger partial charge in [-0.3, -0.25) is 0 Å². The Labute approximate surface area is 131 Å². The normalized spacial score (nSPS) is 12.2. The lowest BCUT2D eigenvalue weighted by Gasteiger charge is -2.19. The molecule has 0 saturated heterocycles. The van der Waals surface area contributed by atoms with Crippen LogP contribution in [0.3, 0.4) is 0 Å². The van der Waals surface area contributed by atoms with Crippen LogP contribution in [0.15, 0.2) is 40.9 Å². The Kier molecular flexibility index (Phi) is 5.31. The van der Waals surface area contributed by atoms with E-state index in [9.17, 15) is 8.78 Å². The Morgan fingerprint density at radius 1 is 1.19 bits per heavy atom. The van der Waals surface area contributed by atoms with Gasteiger partial charge in [0.25, 0.3) is 0 Å². The van der Waals surface area contributed by atoms with Gasteiger partial charge in [-0.2, -0.15) is 0 Å². The molecule has 2 rings (SSSR count). The van der Waals surface area contributed by atoms with E-state index in [4.69, 9.17) is 4.74 Å². The van der Waals surface area contributed by atoms with Crippen LogP contribution in [0.4, 0.5) is 8.78 Å². The smallest absolute Gasteiger partial charge is 0.134 e. The lowest BCUT2D eigenvalue weighted by atomic mass is 9.98. The first-order valence-electron chi connectivity index (χ1n) is 6.49. The van der Waals surface area contributed by atoms with Gasteiger partial charge in [-0.05, 0) is 31.2 Å². The number of nitrogens with one attached hydrogen (secondary N) is 1. The molecule has 0 bridgehead atoms. The van der Waals surface area contributed by atoms with E-state index in [0.717, 1.165) is 10.0 Å². The van der Waals surface area contributed by atoms with Gasteiger partial charge in [0.05, 0.1) is 7.11 Å². The molecule has 0 aliphatic rings. The van der Waals surface area contributed by atoms with E-state index in [2.05, 4.69) is 21.2 Å². The van der Waals surface area contributed by atoms with Crippen LogP contribution >= 0.6 is 15.9 Å². The van der Waals surface area contributed by atoms with Crippen LogP contribution in [-0.2, 0) is 6.42 Å². The van der Waals surface area contributed by atoms with Gasteiger partial charge >= 0.3 is 0 Å². The first-order chi connectivity index (χ1) is 10.0. The molecule has 0 fully saturated rings. The van der Waals surface area contributed by atoms with Gasteiger partial charge in [0.2, 0.25) is 0 Å². The first-order valence-corrected chi connectivity index (χ1v) is 7.29. The average molecular weight is 356 g/mol. The Hall–Kier alpha value is -1.46. The predicted molar refractivity (Wildman–Crippen MR) is 82.6 cm³/mol. The Morgan fingerprint density at radius 2 is 1.86 bits per heavy atom. The first kappa shape index (κ1) is 15.9. The number of hydrogen-bond acceptors (Lipinski definition) is 2. The molecule has 1 atom stereocenters. The topological polar surface area (TPSA) is 21.3 Å². The number of benzene rings is 2. The second-order valence-electron chi connectivity index (χ2n) is 4.68. The summed E-state index contributed by atoms with van der Waals surface area (Å²) in [6, 6.07) is 9.61. The van der Waals surface area contributed by atoms with E-state index >= 15 is 0 Å². The van der Waals surface area contributed by atoms with E-state index in [0.29, 0.717) is 6.42 Å². The lowest BCUT2D eigenvalue weighted by Crippen LogP contribution is -2.21. The molecule has 2 aromatic rings. The highest BCUT2D eigenvalue weighted by Gasteiger charge is 2.20. The minimum Gasteiger partial charge on any atom is -0.497 e. The molecule has 0 aliphatic heterocycles. The van der Waals surface area contributed by atoms with Crippen molar-refractivity contribution in [3.05, 3.63) is 63.6 Å². The Morgan fingerprint density at radius 3 is 2.38 bits per heavy atom. The van der Waals surface area contributed by atoms with Crippen LogP contribution in [0.2, 0.25) is 0 Å². The van der Waals surface area contributed by atoms with Crippen LogP contribution in [0.25, 0.3) is 0 Å². The molecule has 1 unspecified atom stereocenters. The third-order valence-electron chi connectivity index (χ3n) is 3.31. The van der Waals surface area contributed by atoms with Crippen LogP contribution in [0.5, 0.6) is 5.75 Å². The molecular formula is C16H16BrF2NO. The third-order valence-corrected chi connectivity index (χ3v) is 3.81. The molecular weight excluding hydrogens is 340 g/mol. The molecule has 0 radical (unpaired) electrons. The number of methoxy groups -OCH3 is 1. The minimum absolute atomic E-state index is 0.0262. The van der Waals surface area contributed by atoms with Crippen LogP contribution in [-0.4, -0.2) is 14.2 Å². The van der Waals surface area contributed by atoms with Gasteiger partial charge in [-0.15, -0.1) is 0 Å². The van der Waals surface area contributed by atoms with Gasteiger partial charge in [-0.25, -0.2) is 8.78 Å². The van der Waals surface area contributed by atoms with E-state index in [1.165, 1.54) is 19.2 Å². The lowest BCUT2D eigenvalue weighted by molar-refractivity contribution is 0.401. The van der Waals surface area contributed by atoms with Crippen molar-refractivity contribution in [2.45, 2.75) is 12.5 Å². The molecule has 2 nitrogen and oxygen atoms in total. The molecule has 21 heavy (non-hydrogen) atoms. The van der Waals surface area contributed by atoms with E-state index < -0.39 is 17.7 Å². The largest absolute Gasteiger partial charge is 0.497 e. The van der Waals surface area contributed by atoms with E-state index in [1.54, 1.807) is 7.05 Å². The van der Waals surface area contributed by atoms with Crippen LogP contribution in [0, 0.1) is 11.6 Å². The zero-order valence-corrected chi connectivity index (χ0v) is 13.4. The quantitative estimate of drug-likeness (QED) is 0.865. The molecule has 112 valence electrons. The maximum Gasteiger partial charge on any atom is 0.134 e. The molecule has 0 spiro atoms. The van der Waals surface area contributed by atoms with E-state index in [-0.39, 0.29) is 11.3 Å². The van der Waals surface area contributed by atoms with Crippen molar-refractivity contribution in [2.75, 3.05) is 14.2 Å². The summed E-state index contributed by atoms with van der Waals surface area (Å²) in [6.45, 7) is 0. The van der Waals surface area contributed by atoms with Gasteiger partial charge in [0.1, 0.15) is 17.4 Å². The van der Waals surface area contributed by atoms with Crippen molar-refractivity contribution in [2.24, 2.45) is 0 Å². The number of ether oxygens (including phenoxy) is 1. The van der Waals surface area contributed by atoms with Crippen molar-refractivity contribution >= 4 is 15.9 Å². The Bertz CT molecular complexity index is 610. The highest BCUT2D eigenvalue weighted by molar-refractivity contribution is 9.10. The highest BCUT2D eigenvalue weighted by atomic mass is 79.9. The summed E-state index contributed by atoms with van der Waals surface area (Å²) in [4.78, 5) is 0. The standard InChI is InChI=1S/C16H16BrF2NO/c1-20-15(7-10-4-3-5-11(17)6-10)16-13(18)8-12(21-2)9-14(16)19/h3-6,8-9,15,20H,7H2,1-2H3. The number of likely N-dealkylation sites (N-methyl/N-ethyl adjacent to an activating group) is 1. The molecule has 0 saturated carbocycles. The predicted octanol–water partition coefficient (Wildman–Crippen LogP) is 4.24. The fraction of sp³-hybridized carbons (Fsp3) is 0.250. The van der Waals surface area contributed by atoms with Crippen molar-refractivity contribution < 1.29 is 13.5 Å². The van der Waals surface area contributed by atoms with E-state index in [1.807, 2.05) is 24.3 Å². The fourth-order valence-electron chi connectivity index (χ4n) is 2.26. The SMILES string of the molecule is CNC(Cc1cccc(Br)c1)c1c(F)cc(OC)cc1F. The zero-order chi connectivity index (χ0) is 15.4. The molecule has 0 aromatic heterocycles. The summed E-state index contributed by atoms with van der Waals surface area (Å²) in [5.41, 5.74) is 1.01. The molecule has 0 heterocycles. The van der Waals surface area contributed by atoms with Crippen molar-refractivity contribution in [3.63, 3.8) is 0 Å². The maximum atomic E-state index is 14.1. The maximum absolute atomic E-state index is 14.1. The zero-order valence-electron chi connectivity index (χ0n) is 11.8. The monoisotopic (exact) mass is 355 g/mol. The summed E-state index contributed by atoms with van der Waals surface area (Å²) >= 11 is 3.39. The highest BCUT2D eigenvalue weighted by Crippen LogP contribution is 2.28. The van der Waals surface area contributed by atoms with Crippen LogP contribution in [0.1, 0.15) is 17.2 Å². The third kappa shape index (κ3) is 3.80. The van der Waals surface area contributed by atoms with Crippen molar-refractivity contribution in [1.29, 1.82) is 0 Å². The van der Waals surface area contributed by atoms with Gasteiger partial charge in [0, 0.05) is 28.2 Å².